The predicted octanol–water partition coefficient (Wildman–Crippen LogP) is 11.6. The van der Waals surface area contributed by atoms with Crippen LogP contribution in [-0.2, 0) is 10.8 Å². The van der Waals surface area contributed by atoms with Gasteiger partial charge in [0.1, 0.15) is 0 Å². The first-order chi connectivity index (χ1) is 22.8. The fraction of sp³-hybridized carbons (Fsp3) is 0.186. The SMILES string of the molecule is CC1(C)C2=C(C=CCC2)N(c2ccc3c(=O)c4c(N5c6ccccc6C(C)(C)c6ccccc65)cccc4sc3c2)c2ccccc21. The van der Waals surface area contributed by atoms with Crippen molar-refractivity contribution in [3.8, 4) is 0 Å². The second-order valence-corrected chi connectivity index (χ2v) is 15.1. The van der Waals surface area contributed by atoms with Crippen molar-refractivity contribution in [2.75, 3.05) is 9.80 Å². The summed E-state index contributed by atoms with van der Waals surface area (Å²) in [6, 6.07) is 38.8. The molecule has 0 amide bonds. The highest BCUT2D eigenvalue weighted by Gasteiger charge is 2.39. The highest BCUT2D eigenvalue weighted by Crippen LogP contribution is 2.54. The third-order valence-corrected chi connectivity index (χ3v) is 11.9. The molecule has 0 atom stereocenters. The zero-order chi connectivity index (χ0) is 32.1. The van der Waals surface area contributed by atoms with Crippen LogP contribution >= 0.6 is 11.3 Å². The summed E-state index contributed by atoms with van der Waals surface area (Å²) in [6.45, 7) is 9.30. The van der Waals surface area contributed by atoms with Crippen LogP contribution in [0.3, 0.4) is 0 Å². The first-order valence-electron chi connectivity index (χ1n) is 16.6. The Hall–Kier alpha value is -4.93. The number of benzene rings is 5. The summed E-state index contributed by atoms with van der Waals surface area (Å²) in [5, 5.41) is 1.53. The van der Waals surface area contributed by atoms with Gasteiger partial charge < -0.3 is 9.80 Å². The molecule has 47 heavy (non-hydrogen) atoms. The van der Waals surface area contributed by atoms with Crippen LogP contribution in [0.2, 0.25) is 0 Å². The summed E-state index contributed by atoms with van der Waals surface area (Å²) in [7, 11) is 0. The van der Waals surface area contributed by atoms with Crippen LogP contribution < -0.4 is 15.2 Å². The van der Waals surface area contributed by atoms with Gasteiger partial charge in [-0.05, 0) is 89.7 Å². The van der Waals surface area contributed by atoms with E-state index in [0.29, 0.717) is 0 Å². The van der Waals surface area contributed by atoms with E-state index in [1.54, 1.807) is 11.3 Å². The van der Waals surface area contributed by atoms with Gasteiger partial charge in [-0.3, -0.25) is 4.79 Å². The number of anilines is 5. The Morgan fingerprint density at radius 3 is 1.89 bits per heavy atom. The number of nitrogens with zero attached hydrogens (tertiary/aromatic N) is 2. The molecule has 9 rings (SSSR count). The van der Waals surface area contributed by atoms with Gasteiger partial charge in [-0.25, -0.2) is 0 Å². The van der Waals surface area contributed by atoms with E-state index in [4.69, 9.17) is 0 Å². The lowest BCUT2D eigenvalue weighted by Crippen LogP contribution is -2.34. The van der Waals surface area contributed by atoms with Crippen molar-refractivity contribution in [1.82, 2.24) is 0 Å². The lowest BCUT2D eigenvalue weighted by atomic mass is 9.70. The molecular formula is C43H36N2OS. The van der Waals surface area contributed by atoms with Gasteiger partial charge >= 0.3 is 0 Å². The number of rotatable bonds is 2. The van der Waals surface area contributed by atoms with E-state index in [2.05, 4.69) is 159 Å². The van der Waals surface area contributed by atoms with Crippen LogP contribution in [0.25, 0.3) is 20.2 Å². The summed E-state index contributed by atoms with van der Waals surface area (Å²) < 4.78 is 2.00. The number of fused-ring (bicyclic) bond motifs is 5. The molecule has 0 spiro atoms. The van der Waals surface area contributed by atoms with Crippen molar-refractivity contribution in [3.63, 3.8) is 0 Å². The molecule has 3 aliphatic rings. The third-order valence-electron chi connectivity index (χ3n) is 10.8. The monoisotopic (exact) mass is 628 g/mol. The highest BCUT2D eigenvalue weighted by molar-refractivity contribution is 7.24. The van der Waals surface area contributed by atoms with Crippen LogP contribution in [0.1, 0.15) is 57.2 Å². The van der Waals surface area contributed by atoms with Crippen molar-refractivity contribution >= 4 is 59.9 Å². The highest BCUT2D eigenvalue weighted by atomic mass is 32.1. The van der Waals surface area contributed by atoms with Crippen molar-refractivity contribution in [3.05, 3.63) is 160 Å². The van der Waals surface area contributed by atoms with Crippen molar-refractivity contribution < 1.29 is 0 Å². The van der Waals surface area contributed by atoms with Crippen LogP contribution in [-0.4, -0.2) is 0 Å². The maximum atomic E-state index is 14.6. The lowest BCUT2D eigenvalue weighted by molar-refractivity contribution is 0.571. The summed E-state index contributed by atoms with van der Waals surface area (Å²) in [5.41, 5.74) is 12.0. The fourth-order valence-electron chi connectivity index (χ4n) is 8.38. The average molecular weight is 629 g/mol. The topological polar surface area (TPSA) is 23.6 Å². The molecule has 0 radical (unpaired) electrons. The Balaban J connectivity index is 1.26. The number of para-hydroxylation sites is 3. The van der Waals surface area contributed by atoms with E-state index in [9.17, 15) is 4.79 Å². The average Bonchev–Trinajstić information content (AvgIpc) is 3.09. The van der Waals surface area contributed by atoms with Gasteiger partial charge in [-0.2, -0.15) is 0 Å². The van der Waals surface area contributed by atoms with Gasteiger partial charge in [-0.15, -0.1) is 11.3 Å². The van der Waals surface area contributed by atoms with Gasteiger partial charge in [0.05, 0.1) is 28.1 Å². The maximum Gasteiger partial charge on any atom is 0.197 e. The molecule has 0 fully saturated rings. The van der Waals surface area contributed by atoms with E-state index >= 15 is 0 Å². The van der Waals surface area contributed by atoms with Crippen molar-refractivity contribution in [1.29, 1.82) is 0 Å². The largest absolute Gasteiger partial charge is 0.310 e. The van der Waals surface area contributed by atoms with E-state index in [0.717, 1.165) is 55.8 Å². The first-order valence-corrected chi connectivity index (χ1v) is 17.4. The standard InChI is InChI=1S/C43H36N2OS/c1-42(2)29-14-5-9-18-33(29)44(34-19-10-6-15-30(34)42)27-24-25-28-39(26-27)47-38-23-13-22-37(40(38)41(28)46)45-35-20-11-7-16-31(35)43(3,4)32-17-8-12-21-36(32)45/h5,7-14,16-26H,6,15H2,1-4H3. The molecule has 1 aromatic heterocycles. The van der Waals surface area contributed by atoms with Gasteiger partial charge in [0.2, 0.25) is 0 Å². The lowest BCUT2D eigenvalue weighted by Gasteiger charge is -2.44. The van der Waals surface area contributed by atoms with E-state index < -0.39 is 0 Å². The Morgan fingerprint density at radius 2 is 1.21 bits per heavy atom. The molecule has 6 aromatic rings. The van der Waals surface area contributed by atoms with Crippen LogP contribution in [0, 0.1) is 0 Å². The first kappa shape index (κ1) is 28.3. The van der Waals surface area contributed by atoms with Crippen LogP contribution in [0.5, 0.6) is 0 Å². The van der Waals surface area contributed by atoms with E-state index in [1.165, 1.54) is 33.6 Å². The minimum atomic E-state index is -0.161. The number of hydrogen-bond acceptors (Lipinski definition) is 4. The van der Waals surface area contributed by atoms with Gasteiger partial charge in [0.25, 0.3) is 0 Å². The second kappa shape index (κ2) is 10.0. The Labute approximate surface area is 279 Å². The number of hydrogen-bond donors (Lipinski definition) is 0. The Bertz CT molecular complexity index is 2360. The molecule has 5 aromatic carbocycles. The van der Waals surface area contributed by atoms with E-state index in [-0.39, 0.29) is 16.3 Å². The fourth-order valence-corrected chi connectivity index (χ4v) is 9.52. The van der Waals surface area contributed by atoms with Gasteiger partial charge in [0.15, 0.2) is 5.43 Å². The molecule has 3 nitrogen and oxygen atoms in total. The summed E-state index contributed by atoms with van der Waals surface area (Å²) in [6.07, 6.45) is 6.71. The zero-order valence-electron chi connectivity index (χ0n) is 27.2. The molecule has 230 valence electrons. The van der Waals surface area contributed by atoms with Crippen molar-refractivity contribution in [2.45, 2.75) is 51.4 Å². The molecule has 3 heterocycles. The van der Waals surface area contributed by atoms with Crippen LogP contribution in [0.4, 0.5) is 28.4 Å². The molecule has 2 aliphatic heterocycles. The molecule has 0 N–H and O–H groups in total. The minimum absolute atomic E-state index is 0.0393. The summed E-state index contributed by atoms with van der Waals surface area (Å²) in [4.78, 5) is 19.4. The quantitative estimate of drug-likeness (QED) is 0.178. The molecular weight excluding hydrogens is 593 g/mol. The summed E-state index contributed by atoms with van der Waals surface area (Å²) >= 11 is 1.71. The normalized spacial score (nSPS) is 17.4. The smallest absolute Gasteiger partial charge is 0.197 e. The predicted molar refractivity (Wildman–Crippen MR) is 199 cm³/mol. The maximum absolute atomic E-state index is 14.6. The van der Waals surface area contributed by atoms with Gasteiger partial charge in [-0.1, -0.05) is 94.4 Å². The van der Waals surface area contributed by atoms with Crippen molar-refractivity contribution in [2.24, 2.45) is 0 Å². The number of allylic oxidation sites excluding steroid dienone is 3. The third kappa shape index (κ3) is 3.94. The Kier molecular flexibility index (Phi) is 6.04. The minimum Gasteiger partial charge on any atom is -0.310 e. The summed E-state index contributed by atoms with van der Waals surface area (Å²) in [5.74, 6) is 0. The second-order valence-electron chi connectivity index (χ2n) is 14.0. The molecule has 1 aliphatic carbocycles. The van der Waals surface area contributed by atoms with E-state index in [1.807, 2.05) is 0 Å². The zero-order valence-corrected chi connectivity index (χ0v) is 28.0. The molecule has 0 bridgehead atoms. The Morgan fingerprint density at radius 1 is 0.617 bits per heavy atom. The molecule has 4 heteroatoms. The van der Waals surface area contributed by atoms with Gasteiger partial charge in [0, 0.05) is 37.0 Å². The molecule has 0 saturated heterocycles. The molecule has 0 saturated carbocycles. The van der Waals surface area contributed by atoms with Crippen LogP contribution in [0.15, 0.2) is 137 Å². The molecule has 0 unspecified atom stereocenters.